The molecule has 2 N–H and O–H groups in total. The minimum Gasteiger partial charge on any atom is -0.384 e. The Balaban J connectivity index is 0.00000220. The van der Waals surface area contributed by atoms with Gasteiger partial charge >= 0.3 is 0 Å². The number of rotatable bonds is 4. The third kappa shape index (κ3) is 5.11. The first kappa shape index (κ1) is 18.7. The SMILES string of the molecule is COCC1(C(=O)NC2CCCC(C)CC2)CCNCC1.Cl. The maximum atomic E-state index is 12.8. The van der Waals surface area contributed by atoms with E-state index in [4.69, 9.17) is 4.74 Å². The topological polar surface area (TPSA) is 50.4 Å². The summed E-state index contributed by atoms with van der Waals surface area (Å²) in [5.41, 5.74) is -0.308. The molecule has 0 aromatic carbocycles. The predicted molar refractivity (Wildman–Crippen MR) is 87.8 cm³/mol. The van der Waals surface area contributed by atoms with Crippen molar-refractivity contribution in [2.75, 3.05) is 26.8 Å². The minimum atomic E-state index is -0.308. The molecule has 124 valence electrons. The highest BCUT2D eigenvalue weighted by atomic mass is 35.5. The molecule has 5 heteroatoms. The van der Waals surface area contributed by atoms with E-state index in [9.17, 15) is 4.79 Å². The van der Waals surface area contributed by atoms with E-state index in [0.29, 0.717) is 12.6 Å². The summed E-state index contributed by atoms with van der Waals surface area (Å²) < 4.78 is 5.35. The zero-order valence-corrected chi connectivity index (χ0v) is 14.3. The summed E-state index contributed by atoms with van der Waals surface area (Å²) >= 11 is 0. The molecule has 1 aliphatic heterocycles. The van der Waals surface area contributed by atoms with Gasteiger partial charge in [0.05, 0.1) is 12.0 Å². The lowest BCUT2D eigenvalue weighted by molar-refractivity contribution is -0.137. The fourth-order valence-corrected chi connectivity index (χ4v) is 3.59. The zero-order valence-electron chi connectivity index (χ0n) is 13.5. The average Bonchev–Trinajstić information content (AvgIpc) is 2.65. The Morgan fingerprint density at radius 1 is 1.24 bits per heavy atom. The Bertz CT molecular complexity index is 314. The Kier molecular flexibility index (Phi) is 7.99. The van der Waals surface area contributed by atoms with Crippen LogP contribution in [0.25, 0.3) is 0 Å². The number of piperidine rings is 1. The quantitative estimate of drug-likeness (QED) is 0.783. The number of amides is 1. The van der Waals surface area contributed by atoms with Crippen molar-refractivity contribution in [1.29, 1.82) is 0 Å². The van der Waals surface area contributed by atoms with Crippen molar-refractivity contribution in [3.05, 3.63) is 0 Å². The summed E-state index contributed by atoms with van der Waals surface area (Å²) in [5.74, 6) is 1.03. The molecule has 1 heterocycles. The van der Waals surface area contributed by atoms with Crippen molar-refractivity contribution in [1.82, 2.24) is 10.6 Å². The molecule has 0 spiro atoms. The molecule has 0 radical (unpaired) electrons. The van der Waals surface area contributed by atoms with Crippen LogP contribution in [0.2, 0.25) is 0 Å². The van der Waals surface area contributed by atoms with Gasteiger partial charge in [0, 0.05) is 13.2 Å². The second-order valence-electron chi connectivity index (χ2n) is 6.75. The van der Waals surface area contributed by atoms with Gasteiger partial charge in [-0.3, -0.25) is 4.79 Å². The van der Waals surface area contributed by atoms with Crippen LogP contribution in [-0.4, -0.2) is 38.8 Å². The van der Waals surface area contributed by atoms with Crippen LogP contribution in [0.15, 0.2) is 0 Å². The first-order valence-electron chi connectivity index (χ1n) is 8.17. The van der Waals surface area contributed by atoms with Crippen LogP contribution in [0, 0.1) is 11.3 Å². The van der Waals surface area contributed by atoms with Gasteiger partial charge in [-0.15, -0.1) is 12.4 Å². The highest BCUT2D eigenvalue weighted by Gasteiger charge is 2.40. The number of methoxy groups -OCH3 is 1. The molecule has 2 unspecified atom stereocenters. The monoisotopic (exact) mass is 318 g/mol. The summed E-state index contributed by atoms with van der Waals surface area (Å²) in [6.45, 7) is 4.70. The molecule has 4 nitrogen and oxygen atoms in total. The largest absolute Gasteiger partial charge is 0.384 e. The van der Waals surface area contributed by atoms with Crippen LogP contribution in [0.1, 0.15) is 51.9 Å². The lowest BCUT2D eigenvalue weighted by Crippen LogP contribution is -2.52. The van der Waals surface area contributed by atoms with E-state index in [1.54, 1.807) is 7.11 Å². The minimum absolute atomic E-state index is 0. The molecule has 1 saturated heterocycles. The summed E-state index contributed by atoms with van der Waals surface area (Å²) in [6, 6.07) is 0.371. The van der Waals surface area contributed by atoms with Gasteiger partial charge in [0.1, 0.15) is 0 Å². The maximum absolute atomic E-state index is 12.8. The fourth-order valence-electron chi connectivity index (χ4n) is 3.59. The molecule has 2 fully saturated rings. The molecule has 21 heavy (non-hydrogen) atoms. The smallest absolute Gasteiger partial charge is 0.228 e. The third-order valence-corrected chi connectivity index (χ3v) is 5.06. The molecule has 0 bridgehead atoms. The summed E-state index contributed by atoms with van der Waals surface area (Å²) in [5, 5.41) is 6.66. The van der Waals surface area contributed by atoms with Crippen molar-refractivity contribution in [3.63, 3.8) is 0 Å². The highest BCUT2D eigenvalue weighted by molar-refractivity contribution is 5.85. The van der Waals surface area contributed by atoms with Gasteiger partial charge in [-0.1, -0.05) is 19.8 Å². The number of hydrogen-bond acceptors (Lipinski definition) is 3. The summed E-state index contributed by atoms with van der Waals surface area (Å²) in [7, 11) is 1.70. The van der Waals surface area contributed by atoms with Crippen molar-refractivity contribution in [2.45, 2.75) is 57.9 Å². The van der Waals surface area contributed by atoms with E-state index in [0.717, 1.165) is 44.7 Å². The molecule has 0 aromatic heterocycles. The molecule has 1 amide bonds. The Morgan fingerprint density at radius 2 is 1.95 bits per heavy atom. The van der Waals surface area contributed by atoms with Crippen LogP contribution in [0.3, 0.4) is 0 Å². The third-order valence-electron chi connectivity index (χ3n) is 5.06. The normalized spacial score (nSPS) is 29.0. The molecule has 2 aliphatic rings. The number of halogens is 1. The number of nitrogens with one attached hydrogen (secondary N) is 2. The molecule has 1 saturated carbocycles. The number of ether oxygens (including phenoxy) is 1. The second kappa shape index (κ2) is 8.96. The van der Waals surface area contributed by atoms with Gasteiger partial charge in [-0.2, -0.15) is 0 Å². The van der Waals surface area contributed by atoms with Crippen molar-refractivity contribution in [2.24, 2.45) is 11.3 Å². The average molecular weight is 319 g/mol. The van der Waals surface area contributed by atoms with E-state index in [1.165, 1.54) is 19.3 Å². The zero-order chi connectivity index (χ0) is 14.4. The van der Waals surface area contributed by atoms with E-state index < -0.39 is 0 Å². The van der Waals surface area contributed by atoms with Crippen molar-refractivity contribution in [3.8, 4) is 0 Å². The van der Waals surface area contributed by atoms with E-state index >= 15 is 0 Å². The van der Waals surface area contributed by atoms with Crippen molar-refractivity contribution >= 4 is 18.3 Å². The standard InChI is InChI=1S/C16H30N2O2.ClH/c1-13-4-3-5-14(7-6-13)18-15(19)16(12-20-2)8-10-17-11-9-16;/h13-14,17H,3-12H2,1-2H3,(H,18,19);1H. The molecular weight excluding hydrogens is 288 g/mol. The number of hydrogen-bond donors (Lipinski definition) is 2. The van der Waals surface area contributed by atoms with Gasteiger partial charge < -0.3 is 15.4 Å². The maximum Gasteiger partial charge on any atom is 0.228 e. The first-order valence-corrected chi connectivity index (χ1v) is 8.17. The van der Waals surface area contributed by atoms with Crippen LogP contribution in [0.4, 0.5) is 0 Å². The summed E-state index contributed by atoms with van der Waals surface area (Å²) in [4.78, 5) is 12.8. The van der Waals surface area contributed by atoms with Crippen LogP contribution in [-0.2, 0) is 9.53 Å². The molecule has 0 aromatic rings. The van der Waals surface area contributed by atoms with Crippen LogP contribution in [0.5, 0.6) is 0 Å². The van der Waals surface area contributed by atoms with E-state index in [2.05, 4.69) is 17.6 Å². The fraction of sp³-hybridized carbons (Fsp3) is 0.938. The Labute approximate surface area is 135 Å². The lowest BCUT2D eigenvalue weighted by Gasteiger charge is -2.36. The van der Waals surface area contributed by atoms with E-state index in [-0.39, 0.29) is 23.7 Å². The second-order valence-corrected chi connectivity index (χ2v) is 6.75. The van der Waals surface area contributed by atoms with Crippen LogP contribution < -0.4 is 10.6 Å². The predicted octanol–water partition coefficient (Wildman–Crippen LogP) is 2.51. The number of carbonyl (C=O) groups is 1. The van der Waals surface area contributed by atoms with Gasteiger partial charge in [-0.25, -0.2) is 0 Å². The molecule has 2 atom stereocenters. The molecule has 2 rings (SSSR count). The highest BCUT2D eigenvalue weighted by Crippen LogP contribution is 2.30. The van der Waals surface area contributed by atoms with E-state index in [1.807, 2.05) is 0 Å². The Morgan fingerprint density at radius 3 is 2.62 bits per heavy atom. The first-order chi connectivity index (χ1) is 9.66. The Hall–Kier alpha value is -0.320. The van der Waals surface area contributed by atoms with Gasteiger partial charge in [-0.05, 0) is 51.1 Å². The molecule has 1 aliphatic carbocycles. The van der Waals surface area contributed by atoms with Gasteiger partial charge in [0.25, 0.3) is 0 Å². The van der Waals surface area contributed by atoms with Crippen LogP contribution >= 0.6 is 12.4 Å². The number of carbonyl (C=O) groups excluding carboxylic acids is 1. The van der Waals surface area contributed by atoms with Crippen molar-refractivity contribution < 1.29 is 9.53 Å². The van der Waals surface area contributed by atoms with Gasteiger partial charge in [0.15, 0.2) is 0 Å². The lowest BCUT2D eigenvalue weighted by atomic mass is 9.78. The summed E-state index contributed by atoms with van der Waals surface area (Å²) in [6.07, 6.45) is 7.82. The van der Waals surface area contributed by atoms with Gasteiger partial charge in [0.2, 0.25) is 5.91 Å². The molecular formula is C16H31ClN2O2.